The first-order valence-corrected chi connectivity index (χ1v) is 5.03. The van der Waals surface area contributed by atoms with Crippen LogP contribution in [0, 0.1) is 0 Å². The molecule has 16 heavy (non-hydrogen) atoms. The summed E-state index contributed by atoms with van der Waals surface area (Å²) < 4.78 is 1.48. The molecule has 4 heteroatoms. The number of aromatic nitrogens is 1. The van der Waals surface area contributed by atoms with Gasteiger partial charge in [0.05, 0.1) is 0 Å². The van der Waals surface area contributed by atoms with E-state index in [9.17, 15) is 4.79 Å². The predicted octanol–water partition coefficient (Wildman–Crippen LogP) is 2.03. The van der Waals surface area contributed by atoms with E-state index in [4.69, 9.17) is 5.73 Å². The normalized spacial score (nSPS) is 10.1. The number of amides is 1. The molecule has 0 fully saturated rings. The highest BCUT2D eigenvalue weighted by Gasteiger charge is 2.04. The van der Waals surface area contributed by atoms with E-state index in [0.29, 0.717) is 6.54 Å². The maximum atomic E-state index is 11.8. The summed E-state index contributed by atoms with van der Waals surface area (Å²) in [6.07, 6.45) is 3.42. The fourth-order valence-electron chi connectivity index (χ4n) is 1.40. The quantitative estimate of drug-likeness (QED) is 0.805. The third kappa shape index (κ3) is 2.29. The molecule has 0 saturated carbocycles. The predicted molar refractivity (Wildman–Crippen MR) is 63.2 cm³/mol. The van der Waals surface area contributed by atoms with E-state index in [1.54, 1.807) is 12.4 Å². The zero-order chi connectivity index (χ0) is 11.4. The number of hydrogen-bond donors (Lipinski definition) is 2. The Kier molecular flexibility index (Phi) is 3.03. The second-order valence-corrected chi connectivity index (χ2v) is 3.43. The minimum absolute atomic E-state index is 0.189. The molecule has 0 aliphatic carbocycles. The van der Waals surface area contributed by atoms with Crippen molar-refractivity contribution < 1.29 is 4.79 Å². The van der Waals surface area contributed by atoms with E-state index in [-0.39, 0.29) is 6.03 Å². The van der Waals surface area contributed by atoms with Gasteiger partial charge >= 0.3 is 6.03 Å². The van der Waals surface area contributed by atoms with Crippen molar-refractivity contribution >= 4 is 11.7 Å². The van der Waals surface area contributed by atoms with Crippen LogP contribution in [0.1, 0.15) is 5.56 Å². The Morgan fingerprint density at radius 2 is 2.00 bits per heavy atom. The SMILES string of the molecule is NCc1ccn(C(=O)Nc2ccccc2)c1. The fourth-order valence-corrected chi connectivity index (χ4v) is 1.40. The highest BCUT2D eigenvalue weighted by Crippen LogP contribution is 2.07. The van der Waals surface area contributed by atoms with Crippen LogP contribution in [0.5, 0.6) is 0 Å². The molecule has 0 aliphatic heterocycles. The highest BCUT2D eigenvalue weighted by atomic mass is 16.2. The maximum Gasteiger partial charge on any atom is 0.329 e. The molecule has 3 N–H and O–H groups in total. The van der Waals surface area contributed by atoms with Crippen molar-refractivity contribution in [2.24, 2.45) is 5.73 Å². The van der Waals surface area contributed by atoms with Gasteiger partial charge in [-0.1, -0.05) is 18.2 Å². The number of nitrogens with two attached hydrogens (primary N) is 1. The minimum atomic E-state index is -0.189. The lowest BCUT2D eigenvalue weighted by molar-refractivity contribution is 0.253. The maximum absolute atomic E-state index is 11.8. The molecular formula is C12H13N3O. The highest BCUT2D eigenvalue weighted by molar-refractivity contribution is 5.91. The first kappa shape index (κ1) is 10.4. The van der Waals surface area contributed by atoms with Crippen LogP contribution in [0.15, 0.2) is 48.8 Å². The number of carbonyl (C=O) groups is 1. The summed E-state index contributed by atoms with van der Waals surface area (Å²) in [6, 6.07) is 11.0. The Bertz CT molecular complexity index is 476. The second-order valence-electron chi connectivity index (χ2n) is 3.43. The molecule has 0 saturated heterocycles. The molecule has 0 spiro atoms. The smallest absolute Gasteiger partial charge is 0.326 e. The van der Waals surface area contributed by atoms with Crippen molar-refractivity contribution in [2.45, 2.75) is 6.54 Å². The van der Waals surface area contributed by atoms with Gasteiger partial charge in [0, 0.05) is 24.6 Å². The molecule has 1 aromatic carbocycles. The van der Waals surface area contributed by atoms with Crippen molar-refractivity contribution in [3.8, 4) is 0 Å². The Balaban J connectivity index is 2.09. The van der Waals surface area contributed by atoms with Crippen molar-refractivity contribution in [3.05, 3.63) is 54.4 Å². The summed E-state index contributed by atoms with van der Waals surface area (Å²) in [5.41, 5.74) is 7.18. The van der Waals surface area contributed by atoms with Crippen LogP contribution in [0.2, 0.25) is 0 Å². The molecule has 0 radical (unpaired) electrons. The minimum Gasteiger partial charge on any atom is -0.326 e. The standard InChI is InChI=1S/C12H13N3O/c13-8-10-6-7-15(9-10)12(16)14-11-4-2-1-3-5-11/h1-7,9H,8,13H2,(H,14,16). The van der Waals surface area contributed by atoms with Crippen molar-refractivity contribution in [1.82, 2.24) is 4.57 Å². The monoisotopic (exact) mass is 215 g/mol. The summed E-state index contributed by atoms with van der Waals surface area (Å²) >= 11 is 0. The van der Waals surface area contributed by atoms with Gasteiger partial charge in [-0.25, -0.2) is 4.79 Å². The summed E-state index contributed by atoms with van der Waals surface area (Å²) in [5.74, 6) is 0. The molecule has 82 valence electrons. The number of nitrogens with one attached hydrogen (secondary N) is 1. The van der Waals surface area contributed by atoms with Gasteiger partial charge in [-0.05, 0) is 23.8 Å². The van der Waals surface area contributed by atoms with Gasteiger partial charge in [0.1, 0.15) is 0 Å². The zero-order valence-corrected chi connectivity index (χ0v) is 8.76. The van der Waals surface area contributed by atoms with Crippen LogP contribution < -0.4 is 11.1 Å². The number of rotatable bonds is 2. The van der Waals surface area contributed by atoms with Crippen molar-refractivity contribution in [3.63, 3.8) is 0 Å². The van der Waals surface area contributed by atoms with Gasteiger partial charge in [-0.2, -0.15) is 0 Å². The number of benzene rings is 1. The van der Waals surface area contributed by atoms with Crippen LogP contribution in [-0.2, 0) is 6.54 Å². The lowest BCUT2D eigenvalue weighted by Gasteiger charge is -2.04. The number of para-hydroxylation sites is 1. The average molecular weight is 215 g/mol. The molecule has 2 rings (SSSR count). The van der Waals surface area contributed by atoms with E-state index in [0.717, 1.165) is 11.3 Å². The lowest BCUT2D eigenvalue weighted by atomic mass is 10.3. The van der Waals surface area contributed by atoms with Crippen LogP contribution in [-0.4, -0.2) is 10.6 Å². The molecule has 4 nitrogen and oxygen atoms in total. The summed E-state index contributed by atoms with van der Waals surface area (Å²) in [7, 11) is 0. The molecule has 0 aliphatic rings. The van der Waals surface area contributed by atoms with E-state index in [1.165, 1.54) is 4.57 Å². The number of hydrogen-bond acceptors (Lipinski definition) is 2. The Morgan fingerprint density at radius 3 is 2.62 bits per heavy atom. The summed E-state index contributed by atoms with van der Waals surface area (Å²) in [5, 5.41) is 2.78. The van der Waals surface area contributed by atoms with Gasteiger partial charge in [0.25, 0.3) is 0 Å². The largest absolute Gasteiger partial charge is 0.329 e. The zero-order valence-electron chi connectivity index (χ0n) is 8.76. The lowest BCUT2D eigenvalue weighted by Crippen LogP contribution is -2.17. The molecule has 1 heterocycles. The first-order valence-electron chi connectivity index (χ1n) is 5.03. The van der Waals surface area contributed by atoms with Crippen LogP contribution >= 0.6 is 0 Å². The molecule has 1 aromatic heterocycles. The van der Waals surface area contributed by atoms with E-state index in [1.807, 2.05) is 36.4 Å². The van der Waals surface area contributed by atoms with Gasteiger partial charge in [0.2, 0.25) is 0 Å². The summed E-state index contributed by atoms with van der Waals surface area (Å²) in [4.78, 5) is 11.8. The third-order valence-corrected chi connectivity index (χ3v) is 2.25. The average Bonchev–Trinajstić information content (AvgIpc) is 2.79. The molecule has 2 aromatic rings. The molecule has 0 atom stereocenters. The van der Waals surface area contributed by atoms with E-state index in [2.05, 4.69) is 5.32 Å². The Hall–Kier alpha value is -2.07. The van der Waals surface area contributed by atoms with Crippen molar-refractivity contribution in [1.29, 1.82) is 0 Å². The van der Waals surface area contributed by atoms with E-state index < -0.39 is 0 Å². The molecular weight excluding hydrogens is 202 g/mol. The molecule has 1 amide bonds. The summed E-state index contributed by atoms with van der Waals surface area (Å²) in [6.45, 7) is 0.436. The topological polar surface area (TPSA) is 60.0 Å². The Labute approximate surface area is 93.7 Å². The van der Waals surface area contributed by atoms with Gasteiger partial charge < -0.3 is 11.1 Å². The fraction of sp³-hybridized carbons (Fsp3) is 0.0833. The van der Waals surface area contributed by atoms with Gasteiger partial charge in [-0.15, -0.1) is 0 Å². The second kappa shape index (κ2) is 4.63. The van der Waals surface area contributed by atoms with Crippen LogP contribution in [0.4, 0.5) is 10.5 Å². The Morgan fingerprint density at radius 1 is 1.25 bits per heavy atom. The number of anilines is 1. The first-order chi connectivity index (χ1) is 7.79. The van der Waals surface area contributed by atoms with Gasteiger partial charge in [-0.3, -0.25) is 4.57 Å². The van der Waals surface area contributed by atoms with Crippen LogP contribution in [0.25, 0.3) is 0 Å². The van der Waals surface area contributed by atoms with Crippen LogP contribution in [0.3, 0.4) is 0 Å². The van der Waals surface area contributed by atoms with Gasteiger partial charge in [0.15, 0.2) is 0 Å². The van der Waals surface area contributed by atoms with Crippen molar-refractivity contribution in [2.75, 3.05) is 5.32 Å². The third-order valence-electron chi connectivity index (χ3n) is 2.25. The molecule has 0 unspecified atom stereocenters. The van der Waals surface area contributed by atoms with E-state index >= 15 is 0 Å². The number of carbonyl (C=O) groups excluding carboxylic acids is 1. The number of nitrogens with zero attached hydrogens (tertiary/aromatic N) is 1. The molecule has 0 bridgehead atoms.